The second kappa shape index (κ2) is 7.81. The molecule has 0 aromatic carbocycles. The molecule has 0 saturated carbocycles. The quantitative estimate of drug-likeness (QED) is 0.504. The second-order valence-electron chi connectivity index (χ2n) is 5.21. The summed E-state index contributed by atoms with van der Waals surface area (Å²) in [6.07, 6.45) is 4.66. The Labute approximate surface area is 152 Å². The van der Waals surface area contributed by atoms with Crippen molar-refractivity contribution in [2.24, 2.45) is 5.73 Å². The van der Waals surface area contributed by atoms with Crippen LogP contribution in [-0.2, 0) is 9.59 Å². The van der Waals surface area contributed by atoms with Gasteiger partial charge in [0.1, 0.15) is 18.4 Å². The van der Waals surface area contributed by atoms with E-state index < -0.39 is 5.91 Å². The smallest absolute Gasteiger partial charge is 0.254 e. The van der Waals surface area contributed by atoms with Crippen LogP contribution in [0.5, 0.6) is 0 Å². The van der Waals surface area contributed by atoms with Crippen LogP contribution in [0.4, 0.5) is 5.82 Å². The average molecular weight is 369 g/mol. The van der Waals surface area contributed by atoms with Gasteiger partial charge in [0.05, 0.1) is 16.1 Å². The van der Waals surface area contributed by atoms with Crippen molar-refractivity contribution < 1.29 is 14.0 Å². The van der Waals surface area contributed by atoms with E-state index in [2.05, 4.69) is 20.3 Å². The van der Waals surface area contributed by atoms with Crippen LogP contribution >= 0.6 is 11.3 Å². The van der Waals surface area contributed by atoms with E-state index in [0.29, 0.717) is 23.4 Å². The van der Waals surface area contributed by atoms with Gasteiger partial charge in [-0.05, 0) is 24.4 Å². The van der Waals surface area contributed by atoms with Crippen LogP contribution in [0.3, 0.4) is 0 Å². The second-order valence-corrected chi connectivity index (χ2v) is 6.16. The Bertz CT molecular complexity index is 963. The van der Waals surface area contributed by atoms with Gasteiger partial charge in [-0.2, -0.15) is 0 Å². The van der Waals surface area contributed by atoms with Crippen molar-refractivity contribution >= 4 is 29.3 Å². The highest BCUT2D eigenvalue weighted by molar-refractivity contribution is 7.13. The molecule has 3 heterocycles. The van der Waals surface area contributed by atoms with E-state index in [1.54, 1.807) is 6.92 Å². The van der Waals surface area contributed by atoms with Crippen molar-refractivity contribution in [3.8, 4) is 22.2 Å². The molecule has 0 bridgehead atoms. The van der Waals surface area contributed by atoms with Gasteiger partial charge in [-0.25, -0.2) is 15.0 Å². The summed E-state index contributed by atoms with van der Waals surface area (Å²) in [5.74, 6) is 0.431. The summed E-state index contributed by atoms with van der Waals surface area (Å²) in [5, 5.41) is 4.57. The Morgan fingerprint density at radius 2 is 2.27 bits per heavy atom. The molecule has 0 fully saturated rings. The number of aldehydes is 1. The number of allylic oxidation sites excluding steroid dienone is 1. The zero-order chi connectivity index (χ0) is 18.5. The number of rotatable bonds is 6. The number of hydrogen-bond donors (Lipinski definition) is 2. The van der Waals surface area contributed by atoms with Gasteiger partial charge < -0.3 is 15.5 Å². The SMILES string of the molecule is Cc1coc(-c2cnc(-c3cccs3)nc2NC(=O)/C(=C\C=O)CN)n1. The Hall–Kier alpha value is -3.17. The number of anilines is 1. The van der Waals surface area contributed by atoms with Crippen LogP contribution in [-0.4, -0.2) is 33.7 Å². The standard InChI is InChI=1S/C17H15N5O3S/c1-10-9-25-17(20-10)12-8-19-15(13-3-2-6-26-13)21-14(12)22-16(24)11(7-18)4-5-23/h2-6,8-9H,7,18H2,1H3,(H,19,21,22,24)/b11-4-. The predicted molar refractivity (Wildman–Crippen MR) is 97.4 cm³/mol. The number of carbonyl (C=O) groups is 2. The minimum absolute atomic E-state index is 0.0825. The third-order valence-corrected chi connectivity index (χ3v) is 4.26. The molecule has 0 aliphatic heterocycles. The number of carbonyl (C=O) groups excluding carboxylic acids is 2. The molecular weight excluding hydrogens is 354 g/mol. The number of nitrogens with zero attached hydrogens (tertiary/aromatic N) is 3. The first-order valence-electron chi connectivity index (χ1n) is 7.61. The van der Waals surface area contributed by atoms with Gasteiger partial charge in [-0.3, -0.25) is 9.59 Å². The molecule has 3 rings (SSSR count). The first-order chi connectivity index (χ1) is 12.6. The lowest BCUT2D eigenvalue weighted by Gasteiger charge is -2.10. The Morgan fingerprint density at radius 1 is 1.42 bits per heavy atom. The summed E-state index contributed by atoms with van der Waals surface area (Å²) in [6.45, 7) is 1.70. The Kier molecular flexibility index (Phi) is 5.30. The fourth-order valence-electron chi connectivity index (χ4n) is 2.14. The summed E-state index contributed by atoms with van der Waals surface area (Å²) >= 11 is 1.47. The third kappa shape index (κ3) is 3.73. The lowest BCUT2D eigenvalue weighted by molar-refractivity contribution is -0.113. The van der Waals surface area contributed by atoms with E-state index in [0.717, 1.165) is 11.0 Å². The van der Waals surface area contributed by atoms with Gasteiger partial charge in [0.25, 0.3) is 5.91 Å². The molecule has 0 aliphatic rings. The maximum atomic E-state index is 12.4. The van der Waals surface area contributed by atoms with E-state index in [1.807, 2.05) is 17.5 Å². The number of aromatic nitrogens is 3. The number of thiophene rings is 1. The number of nitrogens with two attached hydrogens (primary N) is 1. The highest BCUT2D eigenvalue weighted by Crippen LogP contribution is 2.29. The van der Waals surface area contributed by atoms with Crippen molar-refractivity contribution in [2.45, 2.75) is 6.92 Å². The molecule has 1 amide bonds. The highest BCUT2D eigenvalue weighted by Gasteiger charge is 2.18. The summed E-state index contributed by atoms with van der Waals surface area (Å²) < 4.78 is 5.40. The fourth-order valence-corrected chi connectivity index (χ4v) is 2.81. The van der Waals surface area contributed by atoms with E-state index >= 15 is 0 Å². The normalized spacial score (nSPS) is 11.4. The van der Waals surface area contributed by atoms with Gasteiger partial charge in [-0.1, -0.05) is 6.07 Å². The van der Waals surface area contributed by atoms with Crippen molar-refractivity contribution in [3.05, 3.63) is 47.3 Å². The maximum Gasteiger partial charge on any atom is 0.254 e. The molecule has 0 aliphatic carbocycles. The zero-order valence-electron chi connectivity index (χ0n) is 13.8. The monoisotopic (exact) mass is 369 g/mol. The minimum Gasteiger partial charge on any atom is -0.444 e. The minimum atomic E-state index is -0.528. The molecule has 3 aromatic heterocycles. The molecule has 0 atom stereocenters. The lowest BCUT2D eigenvalue weighted by atomic mass is 10.2. The number of oxazole rings is 1. The van der Waals surface area contributed by atoms with Crippen LogP contribution < -0.4 is 11.1 Å². The summed E-state index contributed by atoms with van der Waals surface area (Å²) in [5.41, 5.74) is 6.76. The van der Waals surface area contributed by atoms with Gasteiger partial charge in [0, 0.05) is 18.3 Å². The molecular formula is C17H15N5O3S. The summed E-state index contributed by atoms with van der Waals surface area (Å²) in [7, 11) is 0. The van der Waals surface area contributed by atoms with E-state index in [1.165, 1.54) is 23.8 Å². The number of nitrogens with one attached hydrogen (secondary N) is 1. The van der Waals surface area contributed by atoms with E-state index in [4.69, 9.17) is 10.2 Å². The Morgan fingerprint density at radius 3 is 2.88 bits per heavy atom. The van der Waals surface area contributed by atoms with Crippen molar-refractivity contribution in [1.29, 1.82) is 0 Å². The first kappa shape index (κ1) is 17.6. The molecule has 0 saturated heterocycles. The molecule has 9 heteroatoms. The molecule has 3 aromatic rings. The number of amides is 1. The molecule has 0 spiro atoms. The van der Waals surface area contributed by atoms with Crippen LogP contribution in [0.25, 0.3) is 22.2 Å². The fraction of sp³-hybridized carbons (Fsp3) is 0.118. The van der Waals surface area contributed by atoms with Gasteiger partial charge in [0.15, 0.2) is 5.82 Å². The van der Waals surface area contributed by atoms with Crippen molar-refractivity contribution in [3.63, 3.8) is 0 Å². The van der Waals surface area contributed by atoms with Crippen molar-refractivity contribution in [1.82, 2.24) is 15.0 Å². The topological polar surface area (TPSA) is 124 Å². The molecule has 132 valence electrons. The van der Waals surface area contributed by atoms with Gasteiger partial charge >= 0.3 is 0 Å². The lowest BCUT2D eigenvalue weighted by Crippen LogP contribution is -2.21. The predicted octanol–water partition coefficient (Wildman–Crippen LogP) is 2.19. The first-order valence-corrected chi connectivity index (χ1v) is 8.49. The number of aryl methyl sites for hydroxylation is 1. The average Bonchev–Trinajstić information content (AvgIpc) is 3.31. The van der Waals surface area contributed by atoms with Crippen LogP contribution in [0.1, 0.15) is 5.69 Å². The van der Waals surface area contributed by atoms with Crippen LogP contribution in [0, 0.1) is 6.92 Å². The van der Waals surface area contributed by atoms with Crippen LogP contribution in [0.15, 0.2) is 46.0 Å². The van der Waals surface area contributed by atoms with Gasteiger partial charge in [-0.15, -0.1) is 11.3 Å². The maximum absolute atomic E-state index is 12.4. The van der Waals surface area contributed by atoms with Gasteiger partial charge in [0.2, 0.25) is 5.89 Å². The van der Waals surface area contributed by atoms with E-state index in [9.17, 15) is 9.59 Å². The van der Waals surface area contributed by atoms with Crippen LogP contribution in [0.2, 0.25) is 0 Å². The molecule has 26 heavy (non-hydrogen) atoms. The molecule has 3 N–H and O–H groups in total. The molecule has 8 nitrogen and oxygen atoms in total. The number of hydrogen-bond acceptors (Lipinski definition) is 8. The van der Waals surface area contributed by atoms with E-state index in [-0.39, 0.29) is 23.8 Å². The largest absolute Gasteiger partial charge is 0.444 e. The molecule has 0 unspecified atom stereocenters. The summed E-state index contributed by atoms with van der Waals surface area (Å²) in [4.78, 5) is 36.9. The zero-order valence-corrected chi connectivity index (χ0v) is 14.6. The summed E-state index contributed by atoms with van der Waals surface area (Å²) in [6, 6.07) is 3.75. The molecule has 0 radical (unpaired) electrons. The Balaban J connectivity index is 2.04. The third-order valence-electron chi connectivity index (χ3n) is 3.39. The van der Waals surface area contributed by atoms with Crippen molar-refractivity contribution in [2.75, 3.05) is 11.9 Å². The highest BCUT2D eigenvalue weighted by atomic mass is 32.1.